The van der Waals surface area contributed by atoms with Crippen molar-refractivity contribution in [1.82, 2.24) is 19.6 Å². The molecule has 0 radical (unpaired) electrons. The summed E-state index contributed by atoms with van der Waals surface area (Å²) in [6.45, 7) is 2.44. The summed E-state index contributed by atoms with van der Waals surface area (Å²) in [5, 5.41) is 8.34. The average molecular weight is 452 g/mol. The van der Waals surface area contributed by atoms with Crippen LogP contribution in [0.3, 0.4) is 0 Å². The van der Waals surface area contributed by atoms with Gasteiger partial charge in [0, 0.05) is 22.4 Å². The molecule has 2 aliphatic rings. The summed E-state index contributed by atoms with van der Waals surface area (Å²) in [4.78, 5) is 4.06. The molecular weight excluding hydrogens is 433 g/mol. The van der Waals surface area contributed by atoms with Crippen LogP contribution >= 0.6 is 0 Å². The third-order valence-electron chi connectivity index (χ3n) is 6.42. The Kier molecular flexibility index (Phi) is 4.53. The first kappa shape index (κ1) is 20.0. The van der Waals surface area contributed by atoms with Crippen molar-refractivity contribution in [3.05, 3.63) is 70.7 Å². The molecule has 4 aromatic rings. The third kappa shape index (κ3) is 3.13. The van der Waals surface area contributed by atoms with Gasteiger partial charge in [-0.2, -0.15) is 0 Å². The second-order valence-electron chi connectivity index (χ2n) is 8.32. The van der Waals surface area contributed by atoms with E-state index in [9.17, 15) is 13.2 Å². The predicted molar refractivity (Wildman–Crippen MR) is 113 cm³/mol. The predicted octanol–water partition coefficient (Wildman–Crippen LogP) is 4.83. The molecule has 0 N–H and O–H groups in total. The van der Waals surface area contributed by atoms with Crippen molar-refractivity contribution < 1.29 is 22.6 Å². The Labute approximate surface area is 187 Å². The van der Waals surface area contributed by atoms with Crippen molar-refractivity contribution in [2.45, 2.75) is 32.1 Å². The first-order valence-electron chi connectivity index (χ1n) is 10.7. The Morgan fingerprint density at radius 1 is 1.03 bits per heavy atom. The fourth-order valence-electron chi connectivity index (χ4n) is 4.85. The molecule has 6 rings (SSSR count). The Morgan fingerprint density at radius 3 is 2.64 bits per heavy atom. The van der Waals surface area contributed by atoms with Gasteiger partial charge in [0.05, 0.1) is 24.8 Å². The lowest BCUT2D eigenvalue weighted by atomic mass is 9.93. The van der Waals surface area contributed by atoms with E-state index in [0.29, 0.717) is 65.6 Å². The van der Waals surface area contributed by atoms with Gasteiger partial charge in [-0.25, -0.2) is 13.2 Å². The van der Waals surface area contributed by atoms with E-state index in [-0.39, 0.29) is 17.4 Å². The van der Waals surface area contributed by atoms with Gasteiger partial charge in [-0.3, -0.25) is 9.38 Å². The molecule has 3 aromatic heterocycles. The average Bonchev–Trinajstić information content (AvgIpc) is 3.45. The van der Waals surface area contributed by atoms with Gasteiger partial charge in [0.25, 0.3) is 6.43 Å². The summed E-state index contributed by atoms with van der Waals surface area (Å²) >= 11 is 0. The van der Waals surface area contributed by atoms with Crippen LogP contribution in [0.1, 0.15) is 40.6 Å². The molecule has 0 unspecified atom stereocenters. The van der Waals surface area contributed by atoms with E-state index >= 15 is 0 Å². The van der Waals surface area contributed by atoms with Crippen molar-refractivity contribution in [2.75, 3.05) is 13.2 Å². The molecule has 0 amide bonds. The summed E-state index contributed by atoms with van der Waals surface area (Å²) in [7, 11) is 0. The lowest BCUT2D eigenvalue weighted by Crippen LogP contribution is -2.13. The molecule has 0 fully saturated rings. The number of benzene rings is 1. The van der Waals surface area contributed by atoms with Crippen molar-refractivity contribution in [3.8, 4) is 22.6 Å². The van der Waals surface area contributed by atoms with Gasteiger partial charge in [-0.05, 0) is 49.6 Å². The topological polar surface area (TPSA) is 61.5 Å². The first-order chi connectivity index (χ1) is 16.0. The second-order valence-corrected chi connectivity index (χ2v) is 8.32. The van der Waals surface area contributed by atoms with Crippen LogP contribution in [0.2, 0.25) is 0 Å². The molecule has 0 bridgehead atoms. The maximum atomic E-state index is 14.8. The molecule has 1 aromatic carbocycles. The van der Waals surface area contributed by atoms with E-state index in [1.165, 1.54) is 12.1 Å². The fourth-order valence-corrected chi connectivity index (χ4v) is 4.85. The largest absolute Gasteiger partial charge is 0.493 e. The molecule has 5 heterocycles. The summed E-state index contributed by atoms with van der Waals surface area (Å²) in [6.07, 6.45) is -0.0721. The molecule has 0 spiro atoms. The van der Waals surface area contributed by atoms with Gasteiger partial charge < -0.3 is 9.47 Å². The normalized spacial score (nSPS) is 17.1. The number of fused-ring (bicyclic) bond motifs is 3. The third-order valence-corrected chi connectivity index (χ3v) is 6.42. The molecule has 0 aliphatic carbocycles. The molecule has 0 saturated heterocycles. The SMILES string of the molecule is Cc1nc(C(F)F)ccc1-c1cc2c(n3cnnc13)CCc1c(F)ccc3c1[C@H](CO3)CO2. The number of hydrogen-bond acceptors (Lipinski definition) is 5. The zero-order valence-electron chi connectivity index (χ0n) is 17.7. The Morgan fingerprint density at radius 2 is 1.85 bits per heavy atom. The highest BCUT2D eigenvalue weighted by atomic mass is 19.3. The Bertz CT molecular complexity index is 1400. The number of aromatic nitrogens is 4. The zero-order valence-corrected chi connectivity index (χ0v) is 17.7. The lowest BCUT2D eigenvalue weighted by Gasteiger charge is -2.17. The second kappa shape index (κ2) is 7.47. The van der Waals surface area contributed by atoms with Gasteiger partial charge in [0.1, 0.15) is 29.3 Å². The minimum atomic E-state index is -2.64. The van der Waals surface area contributed by atoms with E-state index in [1.54, 1.807) is 25.4 Å². The highest BCUT2D eigenvalue weighted by Crippen LogP contribution is 2.41. The number of ether oxygens (including phenoxy) is 2. The monoisotopic (exact) mass is 452 g/mol. The number of alkyl halides is 2. The van der Waals surface area contributed by atoms with Crippen LogP contribution in [0.4, 0.5) is 13.2 Å². The number of rotatable bonds is 2. The maximum absolute atomic E-state index is 14.8. The first-order valence-corrected chi connectivity index (χ1v) is 10.7. The zero-order chi connectivity index (χ0) is 22.7. The molecule has 0 saturated carbocycles. The van der Waals surface area contributed by atoms with Crippen molar-refractivity contribution in [2.24, 2.45) is 0 Å². The van der Waals surface area contributed by atoms with E-state index in [2.05, 4.69) is 15.2 Å². The van der Waals surface area contributed by atoms with E-state index in [1.807, 2.05) is 10.5 Å². The smallest absolute Gasteiger partial charge is 0.280 e. The highest BCUT2D eigenvalue weighted by molar-refractivity contribution is 5.80. The van der Waals surface area contributed by atoms with Crippen LogP contribution in [-0.4, -0.2) is 32.8 Å². The van der Waals surface area contributed by atoms with Crippen LogP contribution in [0.25, 0.3) is 16.8 Å². The summed E-state index contributed by atoms with van der Waals surface area (Å²) in [5.41, 5.74) is 4.46. The highest BCUT2D eigenvalue weighted by Gasteiger charge is 2.31. The number of aryl methyl sites for hydroxylation is 2. The molecule has 6 nitrogen and oxygen atoms in total. The quantitative estimate of drug-likeness (QED) is 0.436. The van der Waals surface area contributed by atoms with Crippen LogP contribution in [0, 0.1) is 12.7 Å². The number of nitrogens with zero attached hydrogens (tertiary/aromatic N) is 4. The number of halogens is 3. The van der Waals surface area contributed by atoms with Gasteiger partial charge in [-0.15, -0.1) is 10.2 Å². The molecule has 1 atom stereocenters. The van der Waals surface area contributed by atoms with Gasteiger partial charge >= 0.3 is 0 Å². The Balaban J connectivity index is 1.49. The van der Waals surface area contributed by atoms with Crippen molar-refractivity contribution in [3.63, 3.8) is 0 Å². The Hall–Kier alpha value is -3.62. The van der Waals surface area contributed by atoms with Crippen molar-refractivity contribution >= 4 is 5.65 Å². The van der Waals surface area contributed by atoms with Crippen LogP contribution in [-0.2, 0) is 12.8 Å². The maximum Gasteiger partial charge on any atom is 0.280 e. The standard InChI is InChI=1S/C24H19F3N4O2/c1-12-14(2-5-18(29-12)23(26)27)16-8-21-19(31-11-28-30-24(16)31)6-3-15-17(25)4-7-20-22(15)13(9-32-20)10-33-21/h2,4-5,7-8,11,13,23H,3,6,9-10H2,1H3/t13-/m1/s1. The summed E-state index contributed by atoms with van der Waals surface area (Å²) < 4.78 is 54.8. The number of hydrogen-bond donors (Lipinski definition) is 0. The van der Waals surface area contributed by atoms with Gasteiger partial charge in [0.2, 0.25) is 0 Å². The minimum Gasteiger partial charge on any atom is -0.493 e. The molecule has 9 heteroatoms. The van der Waals surface area contributed by atoms with E-state index in [4.69, 9.17) is 9.47 Å². The van der Waals surface area contributed by atoms with E-state index in [0.717, 1.165) is 11.3 Å². The summed E-state index contributed by atoms with van der Waals surface area (Å²) in [6, 6.07) is 7.92. The van der Waals surface area contributed by atoms with Gasteiger partial charge in [0.15, 0.2) is 5.65 Å². The lowest BCUT2D eigenvalue weighted by molar-refractivity contribution is 0.146. The van der Waals surface area contributed by atoms with Crippen molar-refractivity contribution in [1.29, 1.82) is 0 Å². The van der Waals surface area contributed by atoms with E-state index < -0.39 is 6.43 Å². The molecule has 33 heavy (non-hydrogen) atoms. The minimum absolute atomic E-state index is 0.0783. The fraction of sp³-hybridized carbons (Fsp3) is 0.292. The molecule has 168 valence electrons. The molecule has 2 aliphatic heterocycles. The summed E-state index contributed by atoms with van der Waals surface area (Å²) in [5.74, 6) is 1.01. The number of pyridine rings is 2. The van der Waals surface area contributed by atoms with Crippen LogP contribution < -0.4 is 9.47 Å². The van der Waals surface area contributed by atoms with Crippen LogP contribution in [0.5, 0.6) is 11.5 Å². The van der Waals surface area contributed by atoms with Gasteiger partial charge in [-0.1, -0.05) is 6.07 Å². The molecular formula is C24H19F3N4O2. The van der Waals surface area contributed by atoms with Crippen LogP contribution in [0.15, 0.2) is 36.7 Å².